The van der Waals surface area contributed by atoms with Gasteiger partial charge in [0.05, 0.1) is 6.61 Å². The van der Waals surface area contributed by atoms with Gasteiger partial charge in [-0.3, -0.25) is 4.79 Å². The molecule has 0 amide bonds. The second-order valence-corrected chi connectivity index (χ2v) is 4.53. The molecule has 9 nitrogen and oxygen atoms in total. The quantitative estimate of drug-likeness (QED) is 0.285. The Kier molecular flexibility index (Phi) is 5.41. The summed E-state index contributed by atoms with van der Waals surface area (Å²) in [7, 11) is -4.72. The number of rotatable bonds is 5. The van der Waals surface area contributed by atoms with Gasteiger partial charge in [0, 0.05) is 0 Å². The van der Waals surface area contributed by atoms with E-state index in [0.717, 1.165) is 0 Å². The van der Waals surface area contributed by atoms with Crippen LogP contribution in [-0.4, -0.2) is 70.1 Å². The largest absolute Gasteiger partial charge is 0.394 e. The summed E-state index contributed by atoms with van der Waals surface area (Å²) < 4.78 is 21.0. The first-order valence-corrected chi connectivity index (χ1v) is 5.57. The maximum absolute atomic E-state index is 10.8. The van der Waals surface area contributed by atoms with Gasteiger partial charge in [0.25, 0.3) is 15.1 Å². The zero-order valence-electron chi connectivity index (χ0n) is 7.96. The van der Waals surface area contributed by atoms with Crippen LogP contribution in [0.3, 0.4) is 0 Å². The van der Waals surface area contributed by atoms with Crippen molar-refractivity contribution in [2.24, 2.45) is 5.14 Å². The molecule has 0 bridgehead atoms. The molecular formula is C6H13NO8S. The van der Waals surface area contributed by atoms with E-state index in [-0.39, 0.29) is 0 Å². The minimum Gasteiger partial charge on any atom is -0.394 e. The first kappa shape index (κ1) is 15.4. The molecule has 0 fully saturated rings. The number of sulfonamides is 1. The van der Waals surface area contributed by atoms with Crippen molar-refractivity contribution in [2.75, 3.05) is 6.61 Å². The average Bonchev–Trinajstić information content (AvgIpc) is 2.22. The minimum atomic E-state index is -4.72. The van der Waals surface area contributed by atoms with Crippen LogP contribution in [0.2, 0.25) is 0 Å². The van der Waals surface area contributed by atoms with Crippen molar-refractivity contribution in [3.05, 3.63) is 0 Å². The summed E-state index contributed by atoms with van der Waals surface area (Å²) in [6.07, 6.45) is -8.72. The van der Waals surface area contributed by atoms with Gasteiger partial charge in [-0.25, -0.2) is 13.6 Å². The molecule has 0 radical (unpaired) electrons. The zero-order chi connectivity index (χ0) is 13.1. The van der Waals surface area contributed by atoms with E-state index in [1.807, 2.05) is 0 Å². The van der Waals surface area contributed by atoms with Crippen LogP contribution < -0.4 is 5.14 Å². The number of carbonyl (C=O) groups is 1. The molecule has 4 atom stereocenters. The molecule has 16 heavy (non-hydrogen) atoms. The fraction of sp³-hybridized carbons (Fsp3) is 0.833. The van der Waals surface area contributed by atoms with Crippen molar-refractivity contribution in [3.8, 4) is 0 Å². The predicted octanol–water partition coefficient (Wildman–Crippen LogP) is -4.76. The molecule has 0 aromatic rings. The third-order valence-corrected chi connectivity index (χ3v) is 2.58. The topological polar surface area (TPSA) is 178 Å². The lowest BCUT2D eigenvalue weighted by molar-refractivity contribution is -0.140. The summed E-state index contributed by atoms with van der Waals surface area (Å²) in [6.45, 7) is -0.950. The van der Waals surface area contributed by atoms with Crippen LogP contribution in [0.5, 0.6) is 0 Å². The standard InChI is InChI=1S/C6H13NO8S/c7-16(14,15)6(13)5(12)4(11)3(10)2(9)1-8/h2-5,8-12H,1H2,(H2,7,14,15)/t2-,3-,4+,5+/m1/s1. The summed E-state index contributed by atoms with van der Waals surface area (Å²) in [6, 6.07) is 0. The van der Waals surface area contributed by atoms with Crippen LogP contribution in [0.25, 0.3) is 0 Å². The molecule has 0 heterocycles. The smallest absolute Gasteiger partial charge is 0.292 e. The highest BCUT2D eigenvalue weighted by Crippen LogP contribution is 2.07. The molecule has 10 heteroatoms. The summed E-state index contributed by atoms with van der Waals surface area (Å²) in [5.41, 5.74) is 0. The van der Waals surface area contributed by atoms with Crippen molar-refractivity contribution in [1.29, 1.82) is 0 Å². The monoisotopic (exact) mass is 259 g/mol. The van der Waals surface area contributed by atoms with Gasteiger partial charge < -0.3 is 25.5 Å². The van der Waals surface area contributed by atoms with Gasteiger partial charge in [-0.05, 0) is 0 Å². The molecule has 0 aromatic carbocycles. The van der Waals surface area contributed by atoms with Gasteiger partial charge in [-0.2, -0.15) is 0 Å². The first-order chi connectivity index (χ1) is 7.12. The highest BCUT2D eigenvalue weighted by atomic mass is 32.2. The van der Waals surface area contributed by atoms with Crippen molar-refractivity contribution in [2.45, 2.75) is 24.4 Å². The SMILES string of the molecule is NS(=O)(=O)C(=O)[C@@H](O)[C@@H](O)[C@H](O)[C@H](O)CO. The Balaban J connectivity index is 4.75. The van der Waals surface area contributed by atoms with Gasteiger partial charge in [0.15, 0.2) is 6.10 Å². The van der Waals surface area contributed by atoms with Crippen LogP contribution in [0.4, 0.5) is 0 Å². The van der Waals surface area contributed by atoms with E-state index in [0.29, 0.717) is 0 Å². The molecule has 0 rings (SSSR count). The zero-order valence-corrected chi connectivity index (χ0v) is 8.78. The third kappa shape index (κ3) is 3.75. The lowest BCUT2D eigenvalue weighted by Crippen LogP contribution is -2.51. The van der Waals surface area contributed by atoms with E-state index in [9.17, 15) is 13.2 Å². The highest BCUT2D eigenvalue weighted by molar-refractivity contribution is 8.04. The maximum Gasteiger partial charge on any atom is 0.292 e. The first-order valence-electron chi connectivity index (χ1n) is 4.02. The van der Waals surface area contributed by atoms with E-state index in [1.54, 1.807) is 0 Å². The number of carbonyl (C=O) groups excluding carboxylic acids is 1. The number of hydrogen-bond donors (Lipinski definition) is 6. The molecule has 0 aromatic heterocycles. The average molecular weight is 259 g/mol. The van der Waals surface area contributed by atoms with Crippen LogP contribution >= 0.6 is 0 Å². The number of aliphatic hydroxyl groups is 5. The third-order valence-electron chi connectivity index (χ3n) is 1.78. The van der Waals surface area contributed by atoms with Crippen LogP contribution in [0.15, 0.2) is 0 Å². The van der Waals surface area contributed by atoms with Crippen LogP contribution in [0.1, 0.15) is 0 Å². The Morgan fingerprint density at radius 2 is 1.56 bits per heavy atom. The molecule has 0 spiro atoms. The minimum absolute atomic E-state index is 0.950. The molecule has 96 valence electrons. The Morgan fingerprint density at radius 3 is 1.88 bits per heavy atom. The second kappa shape index (κ2) is 5.63. The highest BCUT2D eigenvalue weighted by Gasteiger charge is 2.38. The van der Waals surface area contributed by atoms with E-state index < -0.39 is 46.2 Å². The Hall–Kier alpha value is -0.620. The normalized spacial score (nSPS) is 19.9. The van der Waals surface area contributed by atoms with Crippen LogP contribution in [0, 0.1) is 0 Å². The maximum atomic E-state index is 10.8. The summed E-state index contributed by atoms with van der Waals surface area (Å²) in [4.78, 5) is 10.8. The van der Waals surface area contributed by atoms with Gasteiger partial charge >= 0.3 is 0 Å². The second-order valence-electron chi connectivity index (χ2n) is 3.04. The molecule has 0 aliphatic carbocycles. The lowest BCUT2D eigenvalue weighted by atomic mass is 10.0. The molecule has 0 saturated heterocycles. The number of nitrogens with two attached hydrogens (primary N) is 1. The van der Waals surface area contributed by atoms with Gasteiger partial charge in [-0.1, -0.05) is 0 Å². The molecule has 7 N–H and O–H groups in total. The van der Waals surface area contributed by atoms with E-state index in [2.05, 4.69) is 5.14 Å². The van der Waals surface area contributed by atoms with Gasteiger partial charge in [0.1, 0.15) is 18.3 Å². The van der Waals surface area contributed by atoms with Gasteiger partial charge in [-0.15, -0.1) is 0 Å². The van der Waals surface area contributed by atoms with E-state index in [4.69, 9.17) is 25.5 Å². The van der Waals surface area contributed by atoms with Crippen molar-refractivity contribution < 1.29 is 38.7 Å². The summed E-state index contributed by atoms with van der Waals surface area (Å²) >= 11 is 0. The van der Waals surface area contributed by atoms with Crippen molar-refractivity contribution in [3.63, 3.8) is 0 Å². The number of primary sulfonamides is 1. The summed E-state index contributed by atoms with van der Waals surface area (Å²) in [5, 5.41) is 47.0. The molecule has 0 aliphatic heterocycles. The fourth-order valence-corrected chi connectivity index (χ4v) is 1.31. The molecule has 0 unspecified atom stereocenters. The number of hydrogen-bond acceptors (Lipinski definition) is 8. The number of aliphatic hydroxyl groups excluding tert-OH is 5. The fourth-order valence-electron chi connectivity index (χ4n) is 0.830. The molecule has 0 aliphatic rings. The van der Waals surface area contributed by atoms with Gasteiger partial charge in [0.2, 0.25) is 0 Å². The van der Waals surface area contributed by atoms with Crippen molar-refractivity contribution in [1.82, 2.24) is 0 Å². The predicted molar refractivity (Wildman–Crippen MR) is 49.2 cm³/mol. The van der Waals surface area contributed by atoms with Crippen molar-refractivity contribution >= 4 is 15.1 Å². The Morgan fingerprint density at radius 1 is 1.12 bits per heavy atom. The Labute approximate surface area is 90.8 Å². The molecular weight excluding hydrogens is 246 g/mol. The Bertz CT molecular complexity index is 340. The van der Waals surface area contributed by atoms with E-state index in [1.165, 1.54) is 0 Å². The van der Waals surface area contributed by atoms with E-state index >= 15 is 0 Å². The lowest BCUT2D eigenvalue weighted by Gasteiger charge is -2.24. The summed E-state index contributed by atoms with van der Waals surface area (Å²) in [5.74, 6) is 0. The molecule has 0 saturated carbocycles. The van der Waals surface area contributed by atoms with Crippen LogP contribution in [-0.2, 0) is 14.8 Å².